The van der Waals surface area contributed by atoms with Crippen molar-refractivity contribution in [3.8, 4) is 0 Å². The Kier molecular flexibility index (Phi) is 7.16. The maximum Gasteiger partial charge on any atom is 0.271 e. The SMILES string of the molecule is O=C(CN(Cc1ccc(Br)cc1)S(=O)(=O)c1ccccc1)Nc1cccc([N+](=O)[O-])c1. The number of nitro benzene ring substituents is 1. The number of hydrogen-bond acceptors (Lipinski definition) is 5. The van der Waals surface area contributed by atoms with E-state index in [0.717, 1.165) is 8.78 Å². The number of non-ortho nitro benzene ring substituents is 1. The van der Waals surface area contributed by atoms with Crippen LogP contribution >= 0.6 is 15.9 Å². The van der Waals surface area contributed by atoms with Gasteiger partial charge in [0.15, 0.2) is 0 Å². The van der Waals surface area contributed by atoms with Crippen LogP contribution < -0.4 is 5.32 Å². The molecule has 0 aliphatic rings. The first-order valence-corrected chi connectivity index (χ1v) is 11.3. The molecule has 1 N–H and O–H groups in total. The fraction of sp³-hybridized carbons (Fsp3) is 0.0952. The van der Waals surface area contributed by atoms with Crippen molar-refractivity contribution in [1.82, 2.24) is 4.31 Å². The van der Waals surface area contributed by atoms with Crippen LogP contribution in [0.15, 0.2) is 88.2 Å². The van der Waals surface area contributed by atoms with Crippen LogP contribution in [0.4, 0.5) is 11.4 Å². The second-order valence-electron chi connectivity index (χ2n) is 6.57. The summed E-state index contributed by atoms with van der Waals surface area (Å²) in [6.45, 7) is -0.483. The molecule has 0 atom stereocenters. The van der Waals surface area contributed by atoms with Gasteiger partial charge in [0.2, 0.25) is 15.9 Å². The number of hydrogen-bond donors (Lipinski definition) is 1. The normalized spacial score (nSPS) is 11.3. The van der Waals surface area contributed by atoms with Crippen LogP contribution in [0.2, 0.25) is 0 Å². The lowest BCUT2D eigenvalue weighted by Gasteiger charge is -2.22. The average Bonchev–Trinajstić information content (AvgIpc) is 2.75. The summed E-state index contributed by atoms with van der Waals surface area (Å²) in [7, 11) is -3.97. The van der Waals surface area contributed by atoms with E-state index in [2.05, 4.69) is 21.2 Å². The first kappa shape index (κ1) is 22.6. The largest absolute Gasteiger partial charge is 0.325 e. The van der Waals surface area contributed by atoms with Crippen LogP contribution in [0.5, 0.6) is 0 Å². The fourth-order valence-electron chi connectivity index (χ4n) is 2.82. The zero-order chi connectivity index (χ0) is 22.4. The van der Waals surface area contributed by atoms with Crippen LogP contribution in [0.25, 0.3) is 0 Å². The molecule has 160 valence electrons. The van der Waals surface area contributed by atoms with Gasteiger partial charge in [0.25, 0.3) is 5.69 Å². The number of rotatable bonds is 8. The van der Waals surface area contributed by atoms with Gasteiger partial charge in [0, 0.05) is 28.8 Å². The van der Waals surface area contributed by atoms with E-state index >= 15 is 0 Å². The monoisotopic (exact) mass is 503 g/mol. The molecule has 8 nitrogen and oxygen atoms in total. The van der Waals surface area contributed by atoms with Gasteiger partial charge in [-0.05, 0) is 35.9 Å². The molecule has 3 rings (SSSR count). The van der Waals surface area contributed by atoms with Gasteiger partial charge in [-0.3, -0.25) is 14.9 Å². The Bertz CT molecular complexity index is 1190. The molecule has 0 fully saturated rings. The zero-order valence-electron chi connectivity index (χ0n) is 16.1. The molecule has 3 aromatic rings. The summed E-state index contributed by atoms with van der Waals surface area (Å²) in [5, 5.41) is 13.5. The lowest BCUT2D eigenvalue weighted by Crippen LogP contribution is -2.37. The summed E-state index contributed by atoms with van der Waals surface area (Å²) < 4.78 is 28.3. The fourth-order valence-corrected chi connectivity index (χ4v) is 4.49. The van der Waals surface area contributed by atoms with Gasteiger partial charge in [-0.2, -0.15) is 4.31 Å². The van der Waals surface area contributed by atoms with E-state index in [0.29, 0.717) is 5.56 Å². The molecule has 3 aromatic carbocycles. The molecule has 0 radical (unpaired) electrons. The minimum Gasteiger partial charge on any atom is -0.325 e. The smallest absolute Gasteiger partial charge is 0.271 e. The minimum absolute atomic E-state index is 0.0210. The Labute approximate surface area is 187 Å². The van der Waals surface area contributed by atoms with Gasteiger partial charge in [-0.15, -0.1) is 0 Å². The Morgan fingerprint density at radius 1 is 1.00 bits per heavy atom. The zero-order valence-corrected chi connectivity index (χ0v) is 18.5. The number of nitrogens with zero attached hydrogens (tertiary/aromatic N) is 2. The van der Waals surface area contributed by atoms with Crippen LogP contribution in [-0.2, 0) is 21.4 Å². The average molecular weight is 504 g/mol. The lowest BCUT2D eigenvalue weighted by molar-refractivity contribution is -0.384. The number of amides is 1. The van der Waals surface area contributed by atoms with Crippen LogP contribution in [0, 0.1) is 10.1 Å². The van der Waals surface area contributed by atoms with E-state index in [-0.39, 0.29) is 22.8 Å². The maximum absolute atomic E-state index is 13.2. The molecule has 0 aliphatic heterocycles. The highest BCUT2D eigenvalue weighted by molar-refractivity contribution is 9.10. The first-order valence-electron chi connectivity index (χ1n) is 9.09. The van der Waals surface area contributed by atoms with Crippen molar-refractivity contribution < 1.29 is 18.1 Å². The summed E-state index contributed by atoms with van der Waals surface area (Å²) in [6.07, 6.45) is 0. The summed E-state index contributed by atoms with van der Waals surface area (Å²) in [6, 6.07) is 20.4. The summed E-state index contributed by atoms with van der Waals surface area (Å²) >= 11 is 3.34. The molecular formula is C21H18BrN3O5S. The molecule has 0 saturated heterocycles. The van der Waals surface area contributed by atoms with Crippen molar-refractivity contribution in [3.63, 3.8) is 0 Å². The summed E-state index contributed by atoms with van der Waals surface area (Å²) in [4.78, 5) is 23.1. The number of nitrogens with one attached hydrogen (secondary N) is 1. The van der Waals surface area contributed by atoms with Crippen molar-refractivity contribution in [2.75, 3.05) is 11.9 Å². The Morgan fingerprint density at radius 3 is 2.32 bits per heavy atom. The molecule has 0 heterocycles. The predicted molar refractivity (Wildman–Crippen MR) is 120 cm³/mol. The number of carbonyl (C=O) groups is 1. The molecule has 0 saturated carbocycles. The number of nitro groups is 1. The van der Waals surface area contributed by atoms with Gasteiger partial charge < -0.3 is 5.32 Å². The molecule has 0 aromatic heterocycles. The van der Waals surface area contributed by atoms with Gasteiger partial charge in [-0.1, -0.05) is 52.3 Å². The Hall–Kier alpha value is -3.08. The lowest BCUT2D eigenvalue weighted by atomic mass is 10.2. The molecule has 0 spiro atoms. The quantitative estimate of drug-likeness (QED) is 0.366. The van der Waals surface area contributed by atoms with Gasteiger partial charge in [0.05, 0.1) is 16.4 Å². The third-order valence-corrected chi connectivity index (χ3v) is 6.65. The molecule has 31 heavy (non-hydrogen) atoms. The molecule has 10 heteroatoms. The van der Waals surface area contributed by atoms with E-state index in [9.17, 15) is 23.3 Å². The van der Waals surface area contributed by atoms with Crippen LogP contribution in [-0.4, -0.2) is 30.1 Å². The number of halogens is 1. The highest BCUT2D eigenvalue weighted by Gasteiger charge is 2.27. The molecule has 0 bridgehead atoms. The molecular weight excluding hydrogens is 486 g/mol. The van der Waals surface area contributed by atoms with E-state index in [1.807, 2.05) is 0 Å². The van der Waals surface area contributed by atoms with Crippen LogP contribution in [0.1, 0.15) is 5.56 Å². The van der Waals surface area contributed by atoms with Crippen molar-refractivity contribution >= 4 is 43.2 Å². The van der Waals surface area contributed by atoms with Crippen LogP contribution in [0.3, 0.4) is 0 Å². The van der Waals surface area contributed by atoms with E-state index in [1.54, 1.807) is 42.5 Å². The van der Waals surface area contributed by atoms with Gasteiger partial charge >= 0.3 is 0 Å². The Morgan fingerprint density at radius 2 is 1.68 bits per heavy atom. The second kappa shape index (κ2) is 9.82. The van der Waals surface area contributed by atoms with Crippen molar-refractivity contribution in [2.45, 2.75) is 11.4 Å². The molecule has 0 aliphatic carbocycles. The third-order valence-electron chi connectivity index (χ3n) is 4.31. The van der Waals surface area contributed by atoms with Gasteiger partial charge in [0.1, 0.15) is 0 Å². The molecule has 0 unspecified atom stereocenters. The highest BCUT2D eigenvalue weighted by Crippen LogP contribution is 2.21. The van der Waals surface area contributed by atoms with Crippen molar-refractivity contribution in [3.05, 3.63) is 99.0 Å². The molecule has 1 amide bonds. The summed E-state index contributed by atoms with van der Waals surface area (Å²) in [5.41, 5.74) is 0.729. The minimum atomic E-state index is -3.97. The standard InChI is InChI=1S/C21H18BrN3O5S/c22-17-11-9-16(10-12-17)14-24(31(29,30)20-7-2-1-3-8-20)15-21(26)23-18-5-4-6-19(13-18)25(27)28/h1-13H,14-15H2,(H,23,26). The Balaban J connectivity index is 1.85. The second-order valence-corrected chi connectivity index (χ2v) is 9.42. The van der Waals surface area contributed by atoms with Gasteiger partial charge in [-0.25, -0.2) is 8.42 Å². The number of anilines is 1. The number of benzene rings is 3. The predicted octanol–water partition coefficient (Wildman–Crippen LogP) is 4.19. The van der Waals surface area contributed by atoms with Crippen molar-refractivity contribution in [2.24, 2.45) is 0 Å². The third kappa shape index (κ3) is 5.97. The number of sulfonamides is 1. The topological polar surface area (TPSA) is 110 Å². The van der Waals surface area contributed by atoms with E-state index in [1.165, 1.54) is 36.4 Å². The maximum atomic E-state index is 13.2. The summed E-state index contributed by atoms with van der Waals surface area (Å²) in [5.74, 6) is -0.614. The van der Waals surface area contributed by atoms with Crippen molar-refractivity contribution in [1.29, 1.82) is 0 Å². The van der Waals surface area contributed by atoms with E-state index < -0.39 is 27.4 Å². The van der Waals surface area contributed by atoms with E-state index in [4.69, 9.17) is 0 Å². The first-order chi connectivity index (χ1) is 14.8. The number of carbonyl (C=O) groups excluding carboxylic acids is 1. The highest BCUT2D eigenvalue weighted by atomic mass is 79.9.